The molecule has 0 aliphatic carbocycles. The highest BCUT2D eigenvalue weighted by molar-refractivity contribution is 7.90. The largest absolute Gasteiger partial charge is 0.417 e. The summed E-state index contributed by atoms with van der Waals surface area (Å²) < 4.78 is 80.8. The molecule has 2 aromatic carbocycles. The highest BCUT2D eigenvalue weighted by Gasteiger charge is 2.37. The Hall–Kier alpha value is -3.21. The van der Waals surface area contributed by atoms with Gasteiger partial charge in [-0.15, -0.1) is 0 Å². The van der Waals surface area contributed by atoms with Gasteiger partial charge in [0.15, 0.2) is 0 Å². The van der Waals surface area contributed by atoms with Crippen molar-refractivity contribution >= 4 is 15.9 Å². The molecule has 0 unspecified atom stereocenters. The third kappa shape index (κ3) is 4.14. The van der Waals surface area contributed by atoms with E-state index in [2.05, 4.69) is 4.98 Å². The lowest BCUT2D eigenvalue weighted by Crippen LogP contribution is -2.32. The highest BCUT2D eigenvalue weighted by atomic mass is 32.2. The molecule has 0 fully saturated rings. The second-order valence-corrected chi connectivity index (χ2v) is 7.62. The molecule has 1 N–H and O–H groups in total. The molecule has 1 aromatic heterocycles. The van der Waals surface area contributed by atoms with Gasteiger partial charge in [0.25, 0.3) is 15.9 Å². The molecule has 0 saturated carbocycles. The van der Waals surface area contributed by atoms with E-state index in [4.69, 9.17) is 0 Å². The average molecular weight is 427 g/mol. The van der Waals surface area contributed by atoms with Gasteiger partial charge in [0, 0.05) is 13.2 Å². The van der Waals surface area contributed by atoms with Crippen LogP contribution in [0.2, 0.25) is 0 Å². The molecular formula is C18H13F4N3O3S. The molecule has 6 nitrogen and oxygen atoms in total. The predicted octanol–water partition coefficient (Wildman–Crippen LogP) is 3.36. The van der Waals surface area contributed by atoms with Gasteiger partial charge in [0.05, 0.1) is 16.0 Å². The van der Waals surface area contributed by atoms with Crippen molar-refractivity contribution in [3.05, 3.63) is 71.8 Å². The van der Waals surface area contributed by atoms with Crippen LogP contribution in [0.1, 0.15) is 16.1 Å². The molecule has 0 atom stereocenters. The Kier molecular flexibility index (Phi) is 5.18. The number of nitrogens with one attached hydrogen (secondary N) is 1. The third-order valence-electron chi connectivity index (χ3n) is 3.93. The fraction of sp³-hybridized carbons (Fsp3) is 0.111. The number of benzene rings is 2. The van der Waals surface area contributed by atoms with Gasteiger partial charge >= 0.3 is 6.18 Å². The van der Waals surface area contributed by atoms with Gasteiger partial charge in [-0.25, -0.2) is 22.5 Å². The molecule has 0 spiro atoms. The molecule has 11 heteroatoms. The Morgan fingerprint density at radius 3 is 2.34 bits per heavy atom. The number of hydrogen-bond donors (Lipinski definition) is 1. The molecule has 0 saturated heterocycles. The summed E-state index contributed by atoms with van der Waals surface area (Å²) in [5.41, 5.74) is -1.74. The zero-order valence-corrected chi connectivity index (χ0v) is 15.6. The number of halogens is 4. The Labute approximate surface area is 162 Å². The monoisotopic (exact) mass is 427 g/mol. The van der Waals surface area contributed by atoms with Crippen LogP contribution >= 0.6 is 0 Å². The number of nitrogens with zero attached hydrogens (tertiary/aromatic N) is 2. The van der Waals surface area contributed by atoms with Crippen LogP contribution < -0.4 is 4.72 Å². The molecule has 152 valence electrons. The number of imidazole rings is 1. The van der Waals surface area contributed by atoms with Crippen LogP contribution in [0.15, 0.2) is 59.6 Å². The maximum absolute atomic E-state index is 14.0. The molecule has 0 radical (unpaired) electrons. The summed E-state index contributed by atoms with van der Waals surface area (Å²) in [6.07, 6.45) is -3.79. The van der Waals surface area contributed by atoms with E-state index in [1.807, 2.05) is 0 Å². The number of aryl methyl sites for hydroxylation is 1. The number of aromatic nitrogens is 2. The SMILES string of the molecule is Cn1cc(C(=O)NS(=O)(=O)c2ccccc2C(F)(F)F)nc1-c1ccccc1F. The van der Waals surface area contributed by atoms with Crippen molar-refractivity contribution in [3.63, 3.8) is 0 Å². The molecule has 1 heterocycles. The molecular weight excluding hydrogens is 414 g/mol. The van der Waals surface area contributed by atoms with Gasteiger partial charge in [-0.05, 0) is 24.3 Å². The minimum atomic E-state index is -4.93. The summed E-state index contributed by atoms with van der Waals surface area (Å²) in [5, 5.41) is 0. The highest BCUT2D eigenvalue weighted by Crippen LogP contribution is 2.34. The second kappa shape index (κ2) is 7.32. The number of hydrogen-bond acceptors (Lipinski definition) is 4. The lowest BCUT2D eigenvalue weighted by atomic mass is 10.2. The lowest BCUT2D eigenvalue weighted by Gasteiger charge is -2.13. The van der Waals surface area contributed by atoms with Crippen LogP contribution in [0.3, 0.4) is 0 Å². The van der Waals surface area contributed by atoms with Gasteiger partial charge in [-0.1, -0.05) is 24.3 Å². The molecule has 1 amide bonds. The topological polar surface area (TPSA) is 81.1 Å². The first-order valence-electron chi connectivity index (χ1n) is 8.02. The maximum Gasteiger partial charge on any atom is 0.417 e. The van der Waals surface area contributed by atoms with Gasteiger partial charge in [0.1, 0.15) is 17.3 Å². The average Bonchev–Trinajstić information content (AvgIpc) is 3.03. The molecule has 0 aliphatic rings. The molecule has 29 heavy (non-hydrogen) atoms. The number of rotatable bonds is 4. The standard InChI is InChI=1S/C18H13F4N3O3S/c1-25-10-14(23-16(25)11-6-2-4-8-13(11)19)17(26)24-29(27,28)15-9-5-3-7-12(15)18(20,21)22/h2-10H,1H3,(H,24,26). The number of carbonyl (C=O) groups excluding carboxylic acids is 1. The maximum atomic E-state index is 14.0. The third-order valence-corrected chi connectivity index (χ3v) is 5.32. The van der Waals surface area contributed by atoms with E-state index >= 15 is 0 Å². The summed E-state index contributed by atoms with van der Waals surface area (Å²) in [6, 6.07) is 9.07. The van der Waals surface area contributed by atoms with Crippen LogP contribution in [0.25, 0.3) is 11.4 Å². The van der Waals surface area contributed by atoms with Crippen molar-refractivity contribution in [2.24, 2.45) is 7.05 Å². The Balaban J connectivity index is 1.94. The van der Waals surface area contributed by atoms with Crippen molar-refractivity contribution < 1.29 is 30.8 Å². The molecule has 0 bridgehead atoms. The smallest absolute Gasteiger partial charge is 0.333 e. The summed E-state index contributed by atoms with van der Waals surface area (Å²) in [6.45, 7) is 0. The Morgan fingerprint density at radius 2 is 1.69 bits per heavy atom. The summed E-state index contributed by atoms with van der Waals surface area (Å²) in [5.74, 6) is -1.82. The second-order valence-electron chi connectivity index (χ2n) is 5.97. The first-order chi connectivity index (χ1) is 13.5. The number of sulfonamides is 1. The van der Waals surface area contributed by atoms with Gasteiger partial charge < -0.3 is 4.57 Å². The van der Waals surface area contributed by atoms with Gasteiger partial charge in [0.2, 0.25) is 0 Å². The minimum absolute atomic E-state index is 0.0429. The summed E-state index contributed by atoms with van der Waals surface area (Å²) in [4.78, 5) is 15.2. The van der Waals surface area contributed by atoms with Crippen molar-refractivity contribution in [2.45, 2.75) is 11.1 Å². The van der Waals surface area contributed by atoms with E-state index in [1.54, 1.807) is 10.8 Å². The van der Waals surface area contributed by atoms with Gasteiger partial charge in [-0.3, -0.25) is 4.79 Å². The fourth-order valence-corrected chi connectivity index (χ4v) is 3.82. The van der Waals surface area contributed by atoms with Crippen molar-refractivity contribution in [1.82, 2.24) is 14.3 Å². The lowest BCUT2D eigenvalue weighted by molar-refractivity contribution is -0.139. The van der Waals surface area contributed by atoms with E-state index in [0.29, 0.717) is 6.07 Å². The zero-order valence-electron chi connectivity index (χ0n) is 14.7. The van der Waals surface area contributed by atoms with E-state index in [-0.39, 0.29) is 11.4 Å². The predicted molar refractivity (Wildman–Crippen MR) is 94.7 cm³/mol. The number of amides is 1. The van der Waals surface area contributed by atoms with Crippen molar-refractivity contribution in [2.75, 3.05) is 0 Å². The van der Waals surface area contributed by atoms with Crippen molar-refractivity contribution in [3.8, 4) is 11.4 Å². The van der Waals surface area contributed by atoms with Crippen LogP contribution in [0, 0.1) is 5.82 Å². The minimum Gasteiger partial charge on any atom is -0.333 e. The quantitative estimate of drug-likeness (QED) is 0.648. The molecule has 0 aliphatic heterocycles. The van der Waals surface area contributed by atoms with Gasteiger partial charge in [-0.2, -0.15) is 13.2 Å². The van der Waals surface area contributed by atoms with E-state index < -0.39 is 44.1 Å². The summed E-state index contributed by atoms with van der Waals surface area (Å²) >= 11 is 0. The van der Waals surface area contributed by atoms with Crippen LogP contribution in [0.4, 0.5) is 17.6 Å². The van der Waals surface area contributed by atoms with E-state index in [0.717, 1.165) is 24.4 Å². The first kappa shape index (κ1) is 20.5. The van der Waals surface area contributed by atoms with Crippen molar-refractivity contribution in [1.29, 1.82) is 0 Å². The van der Waals surface area contributed by atoms with E-state index in [9.17, 15) is 30.8 Å². The number of carbonyl (C=O) groups is 1. The number of alkyl halides is 3. The fourth-order valence-electron chi connectivity index (χ4n) is 2.63. The van der Waals surface area contributed by atoms with Crippen LogP contribution in [-0.2, 0) is 23.2 Å². The molecule has 3 aromatic rings. The van der Waals surface area contributed by atoms with E-state index in [1.165, 1.54) is 29.8 Å². The Bertz CT molecular complexity index is 1190. The molecule has 3 rings (SSSR count). The zero-order chi connectivity index (χ0) is 21.4. The van der Waals surface area contributed by atoms with Crippen LogP contribution in [-0.4, -0.2) is 23.9 Å². The first-order valence-corrected chi connectivity index (χ1v) is 9.50. The Morgan fingerprint density at radius 1 is 1.07 bits per heavy atom. The normalized spacial score (nSPS) is 12.0. The van der Waals surface area contributed by atoms with Crippen LogP contribution in [0.5, 0.6) is 0 Å². The summed E-state index contributed by atoms with van der Waals surface area (Å²) in [7, 11) is -3.38.